The van der Waals surface area contributed by atoms with Gasteiger partial charge in [0.1, 0.15) is 5.69 Å². The molecule has 3 rings (SSSR count). The Hall–Kier alpha value is -2.47. The Bertz CT molecular complexity index is 895. The SMILES string of the molecule is Cc1nc(C(=O)Nc2ccc3c(C)cc(=O)[nH]c3c2)cs1. The number of benzene rings is 1. The normalized spacial score (nSPS) is 10.8. The van der Waals surface area contributed by atoms with E-state index in [1.807, 2.05) is 26.0 Å². The third-order valence-corrected chi connectivity index (χ3v) is 3.93. The third-order valence-electron chi connectivity index (χ3n) is 3.16. The predicted octanol–water partition coefficient (Wildman–Crippen LogP) is 2.85. The summed E-state index contributed by atoms with van der Waals surface area (Å²) >= 11 is 1.43. The van der Waals surface area contributed by atoms with Crippen LogP contribution >= 0.6 is 11.3 Å². The maximum absolute atomic E-state index is 12.1. The Morgan fingerprint density at radius 1 is 1.29 bits per heavy atom. The molecule has 0 bridgehead atoms. The first kappa shape index (κ1) is 13.5. The van der Waals surface area contributed by atoms with Gasteiger partial charge in [-0.15, -0.1) is 11.3 Å². The van der Waals surface area contributed by atoms with E-state index in [0.29, 0.717) is 16.9 Å². The Balaban J connectivity index is 1.94. The molecule has 2 N–H and O–H groups in total. The van der Waals surface area contributed by atoms with Crippen LogP contribution in [0, 0.1) is 13.8 Å². The first-order chi connectivity index (χ1) is 10.0. The number of carbonyl (C=O) groups excluding carboxylic acids is 1. The molecule has 0 aliphatic heterocycles. The fourth-order valence-electron chi connectivity index (χ4n) is 2.18. The number of H-pyrrole nitrogens is 1. The van der Waals surface area contributed by atoms with Gasteiger partial charge < -0.3 is 10.3 Å². The lowest BCUT2D eigenvalue weighted by atomic mass is 10.1. The lowest BCUT2D eigenvalue weighted by Gasteiger charge is -2.06. The summed E-state index contributed by atoms with van der Waals surface area (Å²) in [7, 11) is 0. The van der Waals surface area contributed by atoms with Crippen molar-refractivity contribution in [2.45, 2.75) is 13.8 Å². The van der Waals surface area contributed by atoms with Crippen molar-refractivity contribution in [3.63, 3.8) is 0 Å². The lowest BCUT2D eigenvalue weighted by Crippen LogP contribution is -2.12. The average molecular weight is 299 g/mol. The molecule has 0 radical (unpaired) electrons. The van der Waals surface area contributed by atoms with Crippen LogP contribution in [0.5, 0.6) is 0 Å². The summed E-state index contributed by atoms with van der Waals surface area (Å²) in [4.78, 5) is 30.5. The molecule has 0 aliphatic rings. The van der Waals surface area contributed by atoms with Gasteiger partial charge in [-0.1, -0.05) is 6.07 Å². The summed E-state index contributed by atoms with van der Waals surface area (Å²) in [6.07, 6.45) is 0. The largest absolute Gasteiger partial charge is 0.322 e. The molecule has 0 saturated carbocycles. The molecule has 6 heteroatoms. The molecule has 0 aliphatic carbocycles. The second-order valence-corrected chi connectivity index (χ2v) is 5.85. The van der Waals surface area contributed by atoms with E-state index in [9.17, 15) is 9.59 Å². The topological polar surface area (TPSA) is 74.8 Å². The highest BCUT2D eigenvalue weighted by atomic mass is 32.1. The van der Waals surface area contributed by atoms with Crippen LogP contribution in [0.4, 0.5) is 5.69 Å². The van der Waals surface area contributed by atoms with Gasteiger partial charge >= 0.3 is 0 Å². The zero-order valence-electron chi connectivity index (χ0n) is 11.6. The molecule has 0 saturated heterocycles. The number of thiazole rings is 1. The Morgan fingerprint density at radius 3 is 2.81 bits per heavy atom. The van der Waals surface area contributed by atoms with E-state index in [2.05, 4.69) is 15.3 Å². The molecule has 5 nitrogen and oxygen atoms in total. The van der Waals surface area contributed by atoms with Gasteiger partial charge in [0.15, 0.2) is 0 Å². The van der Waals surface area contributed by atoms with Gasteiger partial charge in [-0.3, -0.25) is 9.59 Å². The van der Waals surface area contributed by atoms with Crippen LogP contribution in [0.3, 0.4) is 0 Å². The molecule has 106 valence electrons. The van der Waals surface area contributed by atoms with Crippen molar-refractivity contribution >= 4 is 33.8 Å². The summed E-state index contributed by atoms with van der Waals surface area (Å²) in [5.41, 5.74) is 2.47. The number of fused-ring (bicyclic) bond motifs is 1. The average Bonchev–Trinajstić information content (AvgIpc) is 2.85. The van der Waals surface area contributed by atoms with Gasteiger partial charge in [-0.25, -0.2) is 4.98 Å². The Morgan fingerprint density at radius 2 is 2.10 bits per heavy atom. The van der Waals surface area contributed by atoms with Crippen LogP contribution in [0.15, 0.2) is 34.4 Å². The summed E-state index contributed by atoms with van der Waals surface area (Å²) in [6, 6.07) is 6.99. The van der Waals surface area contributed by atoms with Gasteiger partial charge in [-0.05, 0) is 31.5 Å². The maximum atomic E-state index is 12.1. The number of pyridine rings is 1. The minimum Gasteiger partial charge on any atom is -0.322 e. The van der Waals surface area contributed by atoms with E-state index >= 15 is 0 Å². The van der Waals surface area contributed by atoms with Crippen LogP contribution in [-0.4, -0.2) is 15.9 Å². The van der Waals surface area contributed by atoms with Crippen LogP contribution in [0.25, 0.3) is 10.9 Å². The molecule has 0 fully saturated rings. The van der Waals surface area contributed by atoms with Crippen molar-refractivity contribution in [3.8, 4) is 0 Å². The molecule has 0 atom stereocenters. The number of aryl methyl sites for hydroxylation is 2. The number of aromatic nitrogens is 2. The number of carbonyl (C=O) groups is 1. The van der Waals surface area contributed by atoms with E-state index in [1.165, 1.54) is 11.3 Å². The summed E-state index contributed by atoms with van der Waals surface area (Å²) in [5.74, 6) is -0.256. The van der Waals surface area contributed by atoms with Crippen molar-refractivity contribution in [1.82, 2.24) is 9.97 Å². The van der Waals surface area contributed by atoms with Gasteiger partial charge in [0, 0.05) is 22.5 Å². The number of hydrogen-bond donors (Lipinski definition) is 2. The highest BCUT2D eigenvalue weighted by molar-refractivity contribution is 7.09. The zero-order valence-corrected chi connectivity index (χ0v) is 12.4. The van der Waals surface area contributed by atoms with Gasteiger partial charge in [0.05, 0.1) is 10.5 Å². The highest BCUT2D eigenvalue weighted by Crippen LogP contribution is 2.20. The highest BCUT2D eigenvalue weighted by Gasteiger charge is 2.10. The van der Waals surface area contributed by atoms with E-state index < -0.39 is 0 Å². The van der Waals surface area contributed by atoms with Gasteiger partial charge in [-0.2, -0.15) is 0 Å². The molecule has 0 spiro atoms. The number of amides is 1. The monoisotopic (exact) mass is 299 g/mol. The van der Waals surface area contributed by atoms with Gasteiger partial charge in [0.25, 0.3) is 5.91 Å². The molecule has 21 heavy (non-hydrogen) atoms. The summed E-state index contributed by atoms with van der Waals surface area (Å²) in [6.45, 7) is 3.73. The fourth-order valence-corrected chi connectivity index (χ4v) is 2.77. The predicted molar refractivity (Wildman–Crippen MR) is 84.1 cm³/mol. The molecule has 1 amide bonds. The van der Waals surface area contributed by atoms with E-state index in [4.69, 9.17) is 0 Å². The Kier molecular flexibility index (Phi) is 3.31. The molecule has 2 heterocycles. The minimum atomic E-state index is -0.256. The van der Waals surface area contributed by atoms with Crippen LogP contribution in [0.1, 0.15) is 21.1 Å². The summed E-state index contributed by atoms with van der Waals surface area (Å²) in [5, 5.41) is 6.31. The molecule has 1 aromatic carbocycles. The van der Waals surface area contributed by atoms with Crippen molar-refractivity contribution in [1.29, 1.82) is 0 Å². The van der Waals surface area contributed by atoms with E-state index in [1.54, 1.807) is 17.5 Å². The van der Waals surface area contributed by atoms with Crippen molar-refractivity contribution in [2.24, 2.45) is 0 Å². The van der Waals surface area contributed by atoms with Crippen molar-refractivity contribution < 1.29 is 4.79 Å². The third kappa shape index (κ3) is 2.71. The van der Waals surface area contributed by atoms with Crippen LogP contribution in [0.2, 0.25) is 0 Å². The molecular weight excluding hydrogens is 286 g/mol. The van der Waals surface area contributed by atoms with Crippen molar-refractivity contribution in [3.05, 3.63) is 56.3 Å². The quantitative estimate of drug-likeness (QED) is 0.764. The molecule has 3 aromatic rings. The van der Waals surface area contributed by atoms with Gasteiger partial charge in [0.2, 0.25) is 5.56 Å². The van der Waals surface area contributed by atoms with Crippen molar-refractivity contribution in [2.75, 3.05) is 5.32 Å². The van der Waals surface area contributed by atoms with E-state index in [0.717, 1.165) is 16.0 Å². The van der Waals surface area contributed by atoms with E-state index in [-0.39, 0.29) is 11.5 Å². The number of rotatable bonds is 2. The Labute approximate surface area is 124 Å². The number of anilines is 1. The molecule has 0 unspecified atom stereocenters. The zero-order chi connectivity index (χ0) is 15.0. The standard InChI is InChI=1S/C15H13N3O2S/c1-8-5-14(19)18-12-6-10(3-4-11(8)12)17-15(20)13-7-21-9(2)16-13/h3-7H,1-2H3,(H,17,20)(H,18,19). The number of aromatic amines is 1. The second-order valence-electron chi connectivity index (χ2n) is 4.78. The minimum absolute atomic E-state index is 0.154. The summed E-state index contributed by atoms with van der Waals surface area (Å²) < 4.78 is 0. The molecular formula is C15H13N3O2S. The lowest BCUT2D eigenvalue weighted by molar-refractivity contribution is 0.102. The molecule has 2 aromatic heterocycles. The first-order valence-electron chi connectivity index (χ1n) is 6.40. The van der Waals surface area contributed by atoms with Crippen LogP contribution < -0.4 is 10.9 Å². The number of hydrogen-bond acceptors (Lipinski definition) is 4. The fraction of sp³-hybridized carbons (Fsp3) is 0.133. The maximum Gasteiger partial charge on any atom is 0.275 e. The first-order valence-corrected chi connectivity index (χ1v) is 7.28. The number of nitrogens with one attached hydrogen (secondary N) is 2. The van der Waals surface area contributed by atoms with Crippen LogP contribution in [-0.2, 0) is 0 Å². The second kappa shape index (κ2) is 5.14. The number of nitrogens with zero attached hydrogens (tertiary/aromatic N) is 1. The smallest absolute Gasteiger partial charge is 0.275 e.